The number of benzene rings is 1. The molecular formula is C18H20N6. The van der Waals surface area contributed by atoms with E-state index in [9.17, 15) is 0 Å². The zero-order valence-corrected chi connectivity index (χ0v) is 13.7. The molecule has 2 aromatic heterocycles. The van der Waals surface area contributed by atoms with Crippen molar-refractivity contribution >= 4 is 16.9 Å². The van der Waals surface area contributed by atoms with Crippen molar-refractivity contribution in [3.8, 4) is 0 Å². The number of likely N-dealkylation sites (tertiary alicyclic amines) is 1. The molecule has 0 spiro atoms. The summed E-state index contributed by atoms with van der Waals surface area (Å²) in [5, 5.41) is 5.40. The van der Waals surface area contributed by atoms with E-state index in [0.29, 0.717) is 12.1 Å². The average molecular weight is 320 g/mol. The number of hydrogen-bond acceptors (Lipinski definition) is 5. The van der Waals surface area contributed by atoms with Crippen LogP contribution in [0.1, 0.15) is 12.0 Å². The Kier molecular flexibility index (Phi) is 3.06. The molecule has 2 fully saturated rings. The van der Waals surface area contributed by atoms with Crippen LogP contribution in [0.5, 0.6) is 0 Å². The molecule has 0 aliphatic carbocycles. The lowest BCUT2D eigenvalue weighted by Crippen LogP contribution is -2.46. The number of nitrogens with zero attached hydrogens (tertiary/aromatic N) is 6. The van der Waals surface area contributed by atoms with E-state index in [1.165, 1.54) is 12.0 Å². The van der Waals surface area contributed by atoms with Crippen LogP contribution in [-0.2, 0) is 13.6 Å². The minimum Gasteiger partial charge on any atom is -0.350 e. The third-order valence-electron chi connectivity index (χ3n) is 5.36. The van der Waals surface area contributed by atoms with E-state index in [2.05, 4.69) is 55.2 Å². The highest BCUT2D eigenvalue weighted by molar-refractivity contribution is 5.87. The van der Waals surface area contributed by atoms with Crippen molar-refractivity contribution in [1.29, 1.82) is 0 Å². The van der Waals surface area contributed by atoms with Crippen LogP contribution < -0.4 is 4.90 Å². The highest BCUT2D eigenvalue weighted by Gasteiger charge is 2.44. The van der Waals surface area contributed by atoms with Crippen molar-refractivity contribution in [1.82, 2.24) is 24.6 Å². The van der Waals surface area contributed by atoms with Gasteiger partial charge < -0.3 is 4.90 Å². The topological polar surface area (TPSA) is 50.1 Å². The first-order valence-electron chi connectivity index (χ1n) is 8.47. The largest absolute Gasteiger partial charge is 0.350 e. The maximum absolute atomic E-state index is 4.57. The maximum atomic E-state index is 4.57. The smallest absolute Gasteiger partial charge is 0.163 e. The normalized spacial score (nSPS) is 23.5. The summed E-state index contributed by atoms with van der Waals surface area (Å²) in [6, 6.07) is 11.9. The molecule has 24 heavy (non-hydrogen) atoms. The van der Waals surface area contributed by atoms with Gasteiger partial charge in [-0.05, 0) is 12.0 Å². The second-order valence-corrected chi connectivity index (χ2v) is 6.81. The number of rotatable bonds is 3. The molecule has 6 heteroatoms. The molecule has 1 aromatic carbocycles. The van der Waals surface area contributed by atoms with Crippen LogP contribution in [0, 0.1) is 0 Å². The van der Waals surface area contributed by atoms with Gasteiger partial charge in [-0.1, -0.05) is 30.3 Å². The fourth-order valence-corrected chi connectivity index (χ4v) is 4.20. The van der Waals surface area contributed by atoms with Gasteiger partial charge >= 0.3 is 0 Å². The van der Waals surface area contributed by atoms with Crippen LogP contribution in [-0.4, -0.2) is 49.8 Å². The fraction of sp³-hybridized carbons (Fsp3) is 0.389. The first-order chi connectivity index (χ1) is 11.8. The molecule has 2 aliphatic heterocycles. The average Bonchev–Trinajstić information content (AvgIpc) is 3.30. The first-order valence-corrected chi connectivity index (χ1v) is 8.47. The molecule has 2 bridgehead atoms. The van der Waals surface area contributed by atoms with E-state index >= 15 is 0 Å². The lowest BCUT2D eigenvalue weighted by atomic mass is 10.2. The van der Waals surface area contributed by atoms with E-state index in [1.807, 2.05) is 17.9 Å². The number of piperazine rings is 1. The van der Waals surface area contributed by atoms with Gasteiger partial charge in [-0.3, -0.25) is 9.58 Å². The Balaban J connectivity index is 1.38. The van der Waals surface area contributed by atoms with Gasteiger partial charge in [-0.2, -0.15) is 5.10 Å². The van der Waals surface area contributed by atoms with Crippen molar-refractivity contribution in [3.05, 3.63) is 48.4 Å². The summed E-state index contributed by atoms with van der Waals surface area (Å²) in [5.41, 5.74) is 2.30. The maximum Gasteiger partial charge on any atom is 0.163 e. The van der Waals surface area contributed by atoms with E-state index in [-0.39, 0.29) is 0 Å². The molecule has 2 atom stereocenters. The van der Waals surface area contributed by atoms with Crippen LogP contribution in [0.25, 0.3) is 11.0 Å². The van der Waals surface area contributed by atoms with E-state index in [4.69, 9.17) is 0 Å². The summed E-state index contributed by atoms with van der Waals surface area (Å²) in [4.78, 5) is 14.0. The van der Waals surface area contributed by atoms with Crippen LogP contribution >= 0.6 is 0 Å². The van der Waals surface area contributed by atoms with Crippen LogP contribution in [0.3, 0.4) is 0 Å². The molecule has 0 N–H and O–H groups in total. The second-order valence-electron chi connectivity index (χ2n) is 6.81. The summed E-state index contributed by atoms with van der Waals surface area (Å²) < 4.78 is 1.82. The van der Waals surface area contributed by atoms with E-state index < -0.39 is 0 Å². The summed E-state index contributed by atoms with van der Waals surface area (Å²) in [6.07, 6.45) is 4.77. The third-order valence-corrected chi connectivity index (χ3v) is 5.36. The number of aromatic nitrogens is 4. The number of fused-ring (bicyclic) bond motifs is 3. The van der Waals surface area contributed by atoms with Crippen molar-refractivity contribution < 1.29 is 0 Å². The van der Waals surface area contributed by atoms with Gasteiger partial charge in [0.15, 0.2) is 5.65 Å². The fourth-order valence-electron chi connectivity index (χ4n) is 4.20. The molecule has 5 rings (SSSR count). The Bertz CT molecular complexity index is 874. The quantitative estimate of drug-likeness (QED) is 0.737. The van der Waals surface area contributed by atoms with Gasteiger partial charge in [-0.15, -0.1) is 0 Å². The van der Waals surface area contributed by atoms with Gasteiger partial charge in [0.1, 0.15) is 12.1 Å². The summed E-state index contributed by atoms with van der Waals surface area (Å²) in [6.45, 7) is 3.19. The number of aryl methyl sites for hydroxylation is 1. The van der Waals surface area contributed by atoms with E-state index in [0.717, 1.165) is 36.5 Å². The molecule has 3 aromatic rings. The van der Waals surface area contributed by atoms with Crippen molar-refractivity contribution in [3.63, 3.8) is 0 Å². The van der Waals surface area contributed by atoms with Gasteiger partial charge in [0.05, 0.1) is 11.6 Å². The van der Waals surface area contributed by atoms with Crippen molar-refractivity contribution in [2.24, 2.45) is 7.05 Å². The molecule has 0 amide bonds. The molecule has 0 saturated carbocycles. The summed E-state index contributed by atoms with van der Waals surface area (Å²) >= 11 is 0. The molecule has 4 heterocycles. The van der Waals surface area contributed by atoms with Crippen LogP contribution in [0.15, 0.2) is 42.9 Å². The number of hydrogen-bond donors (Lipinski definition) is 0. The van der Waals surface area contributed by atoms with Crippen LogP contribution in [0.4, 0.5) is 5.82 Å². The Labute approximate surface area is 140 Å². The van der Waals surface area contributed by atoms with Crippen molar-refractivity contribution in [2.45, 2.75) is 25.0 Å². The summed E-state index contributed by atoms with van der Waals surface area (Å²) in [7, 11) is 1.93. The van der Waals surface area contributed by atoms with Gasteiger partial charge in [0.25, 0.3) is 0 Å². The molecule has 2 saturated heterocycles. The molecule has 122 valence electrons. The second kappa shape index (κ2) is 5.27. The molecule has 6 nitrogen and oxygen atoms in total. The standard InChI is InChI=1S/C18H20N6/c1-22-17-16(8-21-22)18(20-12-19-17)24-11-14-7-15(24)10-23(14)9-13-5-3-2-4-6-13/h2-6,8,12,14-15H,7,9-11H2,1H3. The molecular weight excluding hydrogens is 300 g/mol. The van der Waals surface area contributed by atoms with E-state index in [1.54, 1.807) is 6.33 Å². The molecule has 2 unspecified atom stereocenters. The van der Waals surface area contributed by atoms with Gasteiger partial charge in [-0.25, -0.2) is 9.97 Å². The van der Waals surface area contributed by atoms with Crippen LogP contribution in [0.2, 0.25) is 0 Å². The minimum atomic E-state index is 0.539. The lowest BCUT2D eigenvalue weighted by molar-refractivity contribution is 0.230. The monoisotopic (exact) mass is 320 g/mol. The minimum absolute atomic E-state index is 0.539. The van der Waals surface area contributed by atoms with Gasteiger partial charge in [0, 0.05) is 38.8 Å². The van der Waals surface area contributed by atoms with Gasteiger partial charge in [0.2, 0.25) is 0 Å². The molecule has 0 radical (unpaired) electrons. The summed E-state index contributed by atoms with van der Waals surface area (Å²) in [5.74, 6) is 1.04. The Morgan fingerprint density at radius 2 is 1.96 bits per heavy atom. The highest BCUT2D eigenvalue weighted by Crippen LogP contribution is 2.36. The zero-order valence-electron chi connectivity index (χ0n) is 13.7. The SMILES string of the molecule is Cn1ncc2c(N3CC4CC3CN4Cc3ccccc3)ncnc21. The highest BCUT2D eigenvalue weighted by atomic mass is 15.4. The number of anilines is 1. The molecule has 2 aliphatic rings. The van der Waals surface area contributed by atoms with Crippen molar-refractivity contribution in [2.75, 3.05) is 18.0 Å². The third kappa shape index (κ3) is 2.10. The Morgan fingerprint density at radius 1 is 1.08 bits per heavy atom. The predicted octanol–water partition coefficient (Wildman–Crippen LogP) is 1.83. The first kappa shape index (κ1) is 13.9. The zero-order chi connectivity index (χ0) is 16.1. The Hall–Kier alpha value is -2.47. The Morgan fingerprint density at radius 3 is 2.75 bits per heavy atom. The lowest BCUT2D eigenvalue weighted by Gasteiger charge is -2.35. The predicted molar refractivity (Wildman–Crippen MR) is 92.7 cm³/mol.